The molecule has 0 fully saturated rings. The van der Waals surface area contributed by atoms with Crippen molar-refractivity contribution in [1.29, 1.82) is 0 Å². The highest BCUT2D eigenvalue weighted by Crippen LogP contribution is 2.34. The van der Waals surface area contributed by atoms with Gasteiger partial charge in [0.2, 0.25) is 5.69 Å². The summed E-state index contributed by atoms with van der Waals surface area (Å²) in [7, 11) is 0. The number of aryl methyl sites for hydroxylation is 1. The van der Waals surface area contributed by atoms with Gasteiger partial charge >= 0.3 is 0 Å². The topological polar surface area (TPSA) is 73.9 Å². The Hall–Kier alpha value is -2.88. The van der Waals surface area contributed by atoms with E-state index in [0.29, 0.717) is 33.9 Å². The lowest BCUT2D eigenvalue weighted by atomic mass is 9.87. The van der Waals surface area contributed by atoms with Gasteiger partial charge in [-0.1, -0.05) is 0 Å². The number of hydrogen-bond acceptors (Lipinski definition) is 4. The van der Waals surface area contributed by atoms with Gasteiger partial charge in [-0.3, -0.25) is 4.79 Å². The molecule has 2 heterocycles. The number of terminal acetylenes is 1. The molecule has 2 aliphatic rings. The molecule has 1 aliphatic carbocycles. The fraction of sp³-hybridized carbons (Fsp3) is 0.389. The van der Waals surface area contributed by atoms with Crippen molar-refractivity contribution in [2.75, 3.05) is 11.9 Å². The summed E-state index contributed by atoms with van der Waals surface area (Å²) in [4.78, 5) is 13.9. The maximum atomic E-state index is 14.6. The van der Waals surface area contributed by atoms with Crippen LogP contribution in [0.5, 0.6) is 0 Å². The predicted molar refractivity (Wildman–Crippen MR) is 88.8 cm³/mol. The first-order valence-electron chi connectivity index (χ1n) is 8.34. The fourth-order valence-electron chi connectivity index (χ4n) is 3.60. The van der Waals surface area contributed by atoms with Crippen molar-refractivity contribution < 1.29 is 14.0 Å². The molecule has 0 saturated heterocycles. The Balaban J connectivity index is 1.86. The number of carbonyl (C=O) groups is 1. The number of nitrogens with zero attached hydrogens (tertiary/aromatic N) is 3. The van der Waals surface area contributed by atoms with Gasteiger partial charge in [-0.2, -0.15) is 0 Å². The van der Waals surface area contributed by atoms with Gasteiger partial charge in [0.15, 0.2) is 23.0 Å². The summed E-state index contributed by atoms with van der Waals surface area (Å²) >= 11 is 0. The van der Waals surface area contributed by atoms with Crippen LogP contribution in [0.15, 0.2) is 12.1 Å². The molecule has 1 unspecified atom stereocenters. The quantitative estimate of drug-likeness (QED) is 0.512. The molecule has 4 rings (SSSR count). The summed E-state index contributed by atoms with van der Waals surface area (Å²) in [6, 6.07) is 2.82. The zero-order chi connectivity index (χ0) is 17.6. The maximum absolute atomic E-state index is 14.6. The Morgan fingerprint density at radius 2 is 2.24 bits per heavy atom. The van der Waals surface area contributed by atoms with Crippen molar-refractivity contribution in [3.05, 3.63) is 40.1 Å². The summed E-state index contributed by atoms with van der Waals surface area (Å²) in [6.45, 7) is 0.121. The highest BCUT2D eigenvalue weighted by Gasteiger charge is 2.31. The fourth-order valence-corrected chi connectivity index (χ4v) is 3.60. The molecule has 7 heteroatoms. The van der Waals surface area contributed by atoms with E-state index in [9.17, 15) is 14.4 Å². The van der Waals surface area contributed by atoms with Crippen molar-refractivity contribution in [2.24, 2.45) is 0 Å². The molecular weight excluding hydrogens is 323 g/mol. The number of rotatable bonds is 2. The molecule has 25 heavy (non-hydrogen) atoms. The second-order valence-corrected chi connectivity index (χ2v) is 6.43. The maximum Gasteiger partial charge on any atom is 0.222 e. The molecular formula is C18H17FN4O2. The van der Waals surface area contributed by atoms with Crippen LogP contribution in [0.3, 0.4) is 0 Å². The third kappa shape index (κ3) is 2.45. The van der Waals surface area contributed by atoms with Crippen LogP contribution in [0.4, 0.5) is 10.1 Å². The van der Waals surface area contributed by atoms with Crippen molar-refractivity contribution >= 4 is 11.5 Å². The van der Waals surface area contributed by atoms with E-state index in [1.807, 2.05) is 0 Å². The minimum atomic E-state index is -0.565. The van der Waals surface area contributed by atoms with Gasteiger partial charge in [0.1, 0.15) is 0 Å². The van der Waals surface area contributed by atoms with Gasteiger partial charge in [-0.15, -0.1) is 17.2 Å². The molecule has 1 aromatic heterocycles. The lowest BCUT2D eigenvalue weighted by molar-refractivity contribution is -0.696. The van der Waals surface area contributed by atoms with E-state index in [0.717, 1.165) is 24.1 Å². The zero-order valence-corrected chi connectivity index (χ0v) is 13.6. The van der Waals surface area contributed by atoms with Crippen LogP contribution in [-0.4, -0.2) is 22.2 Å². The van der Waals surface area contributed by atoms with Gasteiger partial charge in [-0.05, 0) is 35.3 Å². The first-order valence-corrected chi connectivity index (χ1v) is 8.34. The van der Waals surface area contributed by atoms with E-state index in [4.69, 9.17) is 6.42 Å². The third-order valence-electron chi connectivity index (χ3n) is 4.90. The van der Waals surface area contributed by atoms with E-state index < -0.39 is 11.7 Å². The van der Waals surface area contributed by atoms with Crippen LogP contribution in [0.2, 0.25) is 0 Å². The van der Waals surface area contributed by atoms with E-state index >= 15 is 0 Å². The van der Waals surface area contributed by atoms with Crippen LogP contribution >= 0.6 is 0 Å². The summed E-state index contributed by atoms with van der Waals surface area (Å²) in [6.07, 6.45) is 8.88. The predicted octanol–water partition coefficient (Wildman–Crippen LogP) is 1.63. The van der Waals surface area contributed by atoms with Gasteiger partial charge in [0, 0.05) is 30.0 Å². The van der Waals surface area contributed by atoms with Crippen LogP contribution < -0.4 is 10.2 Å². The molecule has 0 bridgehead atoms. The summed E-state index contributed by atoms with van der Waals surface area (Å²) < 4.78 is 14.6. The first kappa shape index (κ1) is 15.6. The lowest BCUT2D eigenvalue weighted by Crippen LogP contribution is -2.41. The van der Waals surface area contributed by atoms with Gasteiger partial charge in [0.05, 0.1) is 12.5 Å². The minimum Gasteiger partial charge on any atom is -0.692 e. The van der Waals surface area contributed by atoms with Crippen molar-refractivity contribution in [1.82, 2.24) is 9.90 Å². The SMILES string of the molecule is C#CCC1C(=O)CNc2cc(F)c(-n3nc4c([n+]3[O-])CCCC4)cc21. The van der Waals surface area contributed by atoms with Crippen LogP contribution in [0, 0.1) is 23.4 Å². The average Bonchev–Trinajstić information content (AvgIpc) is 2.94. The number of carbonyl (C=O) groups excluding carboxylic acids is 1. The molecule has 1 aromatic carbocycles. The standard InChI is InChI=1S/C18H17FN4O2/c1-2-5-11-12-8-17(13(19)9-15(12)20-10-18(11)24)22-21-14-6-3-4-7-16(14)23(22)25/h1,8-9,11,20H,3-7,10H2. The van der Waals surface area contributed by atoms with E-state index in [2.05, 4.69) is 16.3 Å². The smallest absolute Gasteiger partial charge is 0.222 e. The Kier molecular flexibility index (Phi) is 3.68. The minimum absolute atomic E-state index is 0.0432. The number of ketones is 1. The van der Waals surface area contributed by atoms with Gasteiger partial charge in [0.25, 0.3) is 0 Å². The zero-order valence-electron chi connectivity index (χ0n) is 13.6. The normalized spacial score (nSPS) is 18.9. The second-order valence-electron chi connectivity index (χ2n) is 6.43. The molecule has 0 saturated carbocycles. The van der Waals surface area contributed by atoms with Gasteiger partial charge in [-0.25, -0.2) is 4.39 Å². The summed E-state index contributed by atoms with van der Waals surface area (Å²) in [5.41, 5.74) is 2.50. The molecule has 2 aromatic rings. The molecule has 1 N–H and O–H groups in total. The number of fused-ring (bicyclic) bond motifs is 2. The molecule has 128 valence electrons. The van der Waals surface area contributed by atoms with Crippen LogP contribution in [0.1, 0.15) is 42.1 Å². The molecule has 0 radical (unpaired) electrons. The Morgan fingerprint density at radius 1 is 1.44 bits per heavy atom. The van der Waals surface area contributed by atoms with E-state index in [1.165, 1.54) is 12.1 Å². The van der Waals surface area contributed by atoms with Crippen LogP contribution in [-0.2, 0) is 17.6 Å². The number of benzene rings is 1. The largest absolute Gasteiger partial charge is 0.692 e. The summed E-state index contributed by atoms with van der Waals surface area (Å²) in [5.74, 6) is 1.40. The number of nitrogens with one attached hydrogen (secondary N) is 1. The highest BCUT2D eigenvalue weighted by molar-refractivity contribution is 5.94. The van der Waals surface area contributed by atoms with E-state index in [-0.39, 0.29) is 24.4 Å². The third-order valence-corrected chi connectivity index (χ3v) is 4.90. The summed E-state index contributed by atoms with van der Waals surface area (Å²) in [5, 5.41) is 19.8. The number of halogens is 1. The Bertz CT molecular complexity index is 913. The molecule has 0 spiro atoms. The average molecular weight is 340 g/mol. The number of aromatic nitrogens is 3. The second kappa shape index (κ2) is 5.88. The van der Waals surface area contributed by atoms with Crippen molar-refractivity contribution in [3.8, 4) is 18.0 Å². The molecule has 1 atom stereocenters. The Labute approximate surface area is 144 Å². The monoisotopic (exact) mass is 340 g/mol. The van der Waals surface area contributed by atoms with Crippen molar-refractivity contribution in [3.63, 3.8) is 0 Å². The molecule has 1 aliphatic heterocycles. The van der Waals surface area contributed by atoms with Gasteiger partial charge < -0.3 is 10.5 Å². The number of anilines is 1. The molecule has 0 amide bonds. The molecule has 6 nitrogen and oxygen atoms in total. The number of hydrogen-bond donors (Lipinski definition) is 1. The Morgan fingerprint density at radius 3 is 3.00 bits per heavy atom. The lowest BCUT2D eigenvalue weighted by Gasteiger charge is -2.25. The van der Waals surface area contributed by atoms with Crippen LogP contribution in [0.25, 0.3) is 5.69 Å². The first-order chi connectivity index (χ1) is 12.1. The highest BCUT2D eigenvalue weighted by atomic mass is 19.1. The van der Waals surface area contributed by atoms with E-state index in [1.54, 1.807) is 0 Å². The van der Waals surface area contributed by atoms with Crippen molar-refractivity contribution in [2.45, 2.75) is 38.0 Å². The number of Topliss-reactive ketones (excluding diaryl/α,β-unsaturated/α-hetero) is 1.